The minimum absolute atomic E-state index is 0.0461. The molecule has 2 aromatic rings. The first kappa shape index (κ1) is 20.3. The number of carbonyl (C=O) groups is 1. The highest BCUT2D eigenvalue weighted by molar-refractivity contribution is 7.89. The number of piperidine rings is 1. The predicted molar refractivity (Wildman–Crippen MR) is 112 cm³/mol. The van der Waals surface area contributed by atoms with Crippen molar-refractivity contribution in [3.05, 3.63) is 24.0 Å². The van der Waals surface area contributed by atoms with Gasteiger partial charge in [0.05, 0.1) is 15.9 Å². The van der Waals surface area contributed by atoms with Gasteiger partial charge in [-0.05, 0) is 56.7 Å². The molecule has 2 fully saturated rings. The first-order valence-electron chi connectivity index (χ1n) is 10.6. The Morgan fingerprint density at radius 1 is 1.24 bits per heavy atom. The number of hydrogen-bond donors (Lipinski definition) is 1. The summed E-state index contributed by atoms with van der Waals surface area (Å²) in [6, 6.07) is 5.39. The summed E-state index contributed by atoms with van der Waals surface area (Å²) in [6.07, 6.45) is 6.23. The first-order chi connectivity index (χ1) is 13.9. The molecule has 29 heavy (non-hydrogen) atoms. The Bertz CT molecular complexity index is 1000. The van der Waals surface area contributed by atoms with Gasteiger partial charge in [-0.15, -0.1) is 0 Å². The molecule has 0 spiro atoms. The van der Waals surface area contributed by atoms with Crippen LogP contribution in [0.3, 0.4) is 0 Å². The summed E-state index contributed by atoms with van der Waals surface area (Å²) in [7, 11) is -1.57. The molecule has 7 nitrogen and oxygen atoms in total. The van der Waals surface area contributed by atoms with Gasteiger partial charge in [-0.3, -0.25) is 4.79 Å². The van der Waals surface area contributed by atoms with Crippen molar-refractivity contribution in [2.24, 2.45) is 13.0 Å². The summed E-state index contributed by atoms with van der Waals surface area (Å²) in [5.41, 5.74) is 1.54. The molecule has 1 aromatic heterocycles. The van der Waals surface area contributed by atoms with E-state index < -0.39 is 10.0 Å². The number of hydrogen-bond acceptors (Lipinski definition) is 4. The van der Waals surface area contributed by atoms with Gasteiger partial charge >= 0.3 is 0 Å². The Kier molecular flexibility index (Phi) is 5.66. The van der Waals surface area contributed by atoms with Crippen LogP contribution in [0.4, 0.5) is 0 Å². The Labute approximate surface area is 172 Å². The molecule has 1 atom stereocenters. The van der Waals surface area contributed by atoms with Crippen molar-refractivity contribution in [1.29, 1.82) is 0 Å². The lowest BCUT2D eigenvalue weighted by molar-refractivity contribution is -0.121. The second kappa shape index (κ2) is 8.07. The Hall–Kier alpha value is -1.93. The van der Waals surface area contributed by atoms with Crippen molar-refractivity contribution in [3.63, 3.8) is 0 Å². The van der Waals surface area contributed by atoms with E-state index in [9.17, 15) is 13.2 Å². The first-order valence-corrected chi connectivity index (χ1v) is 12.0. The van der Waals surface area contributed by atoms with Gasteiger partial charge in [0, 0.05) is 39.0 Å². The molecule has 1 aliphatic carbocycles. The number of benzene rings is 1. The van der Waals surface area contributed by atoms with Crippen LogP contribution in [0, 0.1) is 5.92 Å². The number of aryl methyl sites for hydroxylation is 2. The number of carbonyl (C=O) groups excluding carboxylic acids is 1. The van der Waals surface area contributed by atoms with E-state index in [1.807, 2.05) is 17.7 Å². The third-order valence-electron chi connectivity index (χ3n) is 6.19. The number of fused-ring (bicyclic) bond motifs is 1. The van der Waals surface area contributed by atoms with Gasteiger partial charge in [-0.25, -0.2) is 13.4 Å². The van der Waals surface area contributed by atoms with Gasteiger partial charge in [0.25, 0.3) is 0 Å². The highest BCUT2D eigenvalue weighted by Crippen LogP contribution is 2.32. The van der Waals surface area contributed by atoms with Gasteiger partial charge < -0.3 is 9.88 Å². The van der Waals surface area contributed by atoms with Crippen molar-refractivity contribution in [2.45, 2.75) is 62.8 Å². The number of nitrogens with zero attached hydrogens (tertiary/aromatic N) is 3. The normalized spacial score (nSPS) is 19.4. The molecule has 4 rings (SSSR count). The second-order valence-corrected chi connectivity index (χ2v) is 10.3. The second-order valence-electron chi connectivity index (χ2n) is 8.40. The third-order valence-corrected chi connectivity index (χ3v) is 8.09. The van der Waals surface area contributed by atoms with E-state index in [1.54, 1.807) is 16.4 Å². The number of nitrogens with one attached hydrogen (secondary N) is 1. The number of amides is 1. The van der Waals surface area contributed by atoms with Crippen LogP contribution in [0.5, 0.6) is 0 Å². The van der Waals surface area contributed by atoms with Crippen LogP contribution in [-0.4, -0.2) is 47.3 Å². The van der Waals surface area contributed by atoms with Gasteiger partial charge in [0.1, 0.15) is 5.82 Å². The maximum Gasteiger partial charge on any atom is 0.243 e. The van der Waals surface area contributed by atoms with Gasteiger partial charge in [0.2, 0.25) is 15.9 Å². The van der Waals surface area contributed by atoms with Crippen molar-refractivity contribution >= 4 is 27.0 Å². The number of rotatable bonds is 7. The van der Waals surface area contributed by atoms with Crippen LogP contribution in [0.2, 0.25) is 0 Å². The van der Waals surface area contributed by atoms with E-state index in [1.165, 1.54) is 12.8 Å². The molecular weight excluding hydrogens is 388 g/mol. The molecule has 2 heterocycles. The zero-order chi connectivity index (χ0) is 20.6. The van der Waals surface area contributed by atoms with Crippen molar-refractivity contribution in [1.82, 2.24) is 19.2 Å². The Morgan fingerprint density at radius 2 is 1.97 bits per heavy atom. The summed E-state index contributed by atoms with van der Waals surface area (Å²) in [6.45, 7) is 3.24. The summed E-state index contributed by atoms with van der Waals surface area (Å²) in [5.74, 6) is 1.47. The van der Waals surface area contributed by atoms with Gasteiger partial charge in [0.15, 0.2) is 0 Å². The molecule has 1 amide bonds. The summed E-state index contributed by atoms with van der Waals surface area (Å²) >= 11 is 0. The molecule has 1 aromatic carbocycles. The van der Waals surface area contributed by atoms with Gasteiger partial charge in [-0.2, -0.15) is 4.31 Å². The topological polar surface area (TPSA) is 84.3 Å². The highest BCUT2D eigenvalue weighted by Gasteiger charge is 2.29. The summed E-state index contributed by atoms with van der Waals surface area (Å²) in [5, 5.41) is 3.07. The molecule has 1 saturated heterocycles. The molecule has 1 aliphatic heterocycles. The maximum atomic E-state index is 12.9. The SMILES string of the molecule is CC(NC(=O)CCc1nc2cc(S(=O)(=O)N3CCCCC3)ccc2n1C)C1CC1. The smallest absolute Gasteiger partial charge is 0.243 e. The average molecular weight is 419 g/mol. The maximum absolute atomic E-state index is 12.9. The fourth-order valence-corrected chi connectivity index (χ4v) is 5.67. The Morgan fingerprint density at radius 3 is 2.66 bits per heavy atom. The molecule has 0 bridgehead atoms. The van der Waals surface area contributed by atoms with Crippen LogP contribution < -0.4 is 5.32 Å². The standard InChI is InChI=1S/C21H30N4O3S/c1-15(16-6-7-16)22-21(26)11-10-20-23-18-14-17(8-9-19(18)24(20)2)29(27,28)25-12-4-3-5-13-25/h8-9,14-16H,3-7,10-13H2,1-2H3,(H,22,26). The molecule has 8 heteroatoms. The summed E-state index contributed by atoms with van der Waals surface area (Å²) in [4.78, 5) is 17.1. The van der Waals surface area contributed by atoms with Crippen LogP contribution in [-0.2, 0) is 28.3 Å². The Balaban J connectivity index is 1.48. The van der Waals surface area contributed by atoms with E-state index in [-0.39, 0.29) is 11.9 Å². The zero-order valence-electron chi connectivity index (χ0n) is 17.2. The van der Waals surface area contributed by atoms with E-state index in [2.05, 4.69) is 17.2 Å². The number of aromatic nitrogens is 2. The predicted octanol–water partition coefficient (Wildman–Crippen LogP) is 2.60. The molecule has 1 saturated carbocycles. The van der Waals surface area contributed by atoms with Gasteiger partial charge in [-0.1, -0.05) is 6.42 Å². The average Bonchev–Trinajstić information content (AvgIpc) is 3.52. The van der Waals surface area contributed by atoms with Crippen molar-refractivity contribution < 1.29 is 13.2 Å². The molecule has 158 valence electrons. The number of imidazole rings is 1. The fraction of sp³-hybridized carbons (Fsp3) is 0.619. The molecule has 0 radical (unpaired) electrons. The quantitative estimate of drug-likeness (QED) is 0.749. The van der Waals surface area contributed by atoms with Crippen molar-refractivity contribution in [2.75, 3.05) is 13.1 Å². The fourth-order valence-electron chi connectivity index (χ4n) is 4.13. The van der Waals surface area contributed by atoms with E-state index in [0.717, 1.165) is 30.6 Å². The van der Waals surface area contributed by atoms with E-state index in [0.29, 0.717) is 42.3 Å². The van der Waals surface area contributed by atoms with Crippen LogP contribution in [0.25, 0.3) is 11.0 Å². The minimum atomic E-state index is -3.48. The lowest BCUT2D eigenvalue weighted by Gasteiger charge is -2.25. The lowest BCUT2D eigenvalue weighted by Crippen LogP contribution is -2.35. The van der Waals surface area contributed by atoms with Crippen LogP contribution in [0.1, 0.15) is 51.3 Å². The molecular formula is C21H30N4O3S. The summed E-state index contributed by atoms with van der Waals surface area (Å²) < 4.78 is 29.4. The van der Waals surface area contributed by atoms with Crippen molar-refractivity contribution in [3.8, 4) is 0 Å². The molecule has 1 unspecified atom stereocenters. The molecule has 2 aliphatic rings. The highest BCUT2D eigenvalue weighted by atomic mass is 32.2. The van der Waals surface area contributed by atoms with Crippen LogP contribution in [0.15, 0.2) is 23.1 Å². The van der Waals surface area contributed by atoms with Crippen LogP contribution >= 0.6 is 0 Å². The monoisotopic (exact) mass is 418 g/mol. The van der Waals surface area contributed by atoms with E-state index >= 15 is 0 Å². The largest absolute Gasteiger partial charge is 0.353 e. The lowest BCUT2D eigenvalue weighted by atomic mass is 10.2. The molecule has 1 N–H and O–H groups in total. The zero-order valence-corrected chi connectivity index (χ0v) is 18.0. The minimum Gasteiger partial charge on any atom is -0.353 e. The number of sulfonamides is 1. The third kappa shape index (κ3) is 4.33. The van der Waals surface area contributed by atoms with E-state index in [4.69, 9.17) is 0 Å².